The van der Waals surface area contributed by atoms with Crippen LogP contribution in [0, 0.1) is 9.65 Å². The maximum atomic E-state index is 13.0. The van der Waals surface area contributed by atoms with E-state index in [1.807, 2.05) is 22.6 Å². The monoisotopic (exact) mass is 324 g/mol. The van der Waals surface area contributed by atoms with Gasteiger partial charge in [-0.2, -0.15) is 4.98 Å². The molecule has 0 fully saturated rings. The Morgan fingerprint density at radius 1 is 1.43 bits per heavy atom. The van der Waals surface area contributed by atoms with Crippen LogP contribution in [0.4, 0.5) is 4.39 Å². The first-order chi connectivity index (χ1) is 6.66. The summed E-state index contributed by atoms with van der Waals surface area (Å²) in [5.74, 6) is -0.220. The number of hydrogen-bond donors (Lipinski definition) is 0. The molecule has 0 saturated carbocycles. The molecule has 0 amide bonds. The van der Waals surface area contributed by atoms with E-state index in [0.717, 1.165) is 0 Å². The van der Waals surface area contributed by atoms with Crippen molar-refractivity contribution in [2.75, 3.05) is 0 Å². The van der Waals surface area contributed by atoms with Crippen molar-refractivity contribution >= 4 is 34.2 Å². The van der Waals surface area contributed by atoms with Gasteiger partial charge in [0.25, 0.3) is 5.89 Å². The fourth-order valence-electron chi connectivity index (χ4n) is 0.952. The molecule has 0 bridgehead atoms. The molecular weight excluding hydrogens is 321 g/mol. The molecule has 0 N–H and O–H groups in total. The molecule has 6 heteroatoms. The van der Waals surface area contributed by atoms with Gasteiger partial charge in [-0.1, -0.05) is 16.8 Å². The van der Waals surface area contributed by atoms with E-state index in [1.54, 1.807) is 6.07 Å². The quantitative estimate of drug-likeness (QED) is 0.757. The maximum absolute atomic E-state index is 13.0. The van der Waals surface area contributed by atoms with Gasteiger partial charge >= 0.3 is 0 Å². The minimum atomic E-state index is -0.502. The van der Waals surface area contributed by atoms with Crippen molar-refractivity contribution in [1.82, 2.24) is 10.1 Å². The Hall–Kier alpha value is -0.690. The molecule has 3 nitrogen and oxygen atoms in total. The van der Waals surface area contributed by atoms with Gasteiger partial charge in [-0.05, 0) is 18.2 Å². The van der Waals surface area contributed by atoms with E-state index in [2.05, 4.69) is 10.1 Å². The highest BCUT2D eigenvalue weighted by Gasteiger charge is 2.09. The van der Waals surface area contributed by atoms with Gasteiger partial charge in [0.2, 0.25) is 3.83 Å². The van der Waals surface area contributed by atoms with Crippen LogP contribution in [0.3, 0.4) is 0 Å². The van der Waals surface area contributed by atoms with Crippen LogP contribution < -0.4 is 0 Å². The lowest BCUT2D eigenvalue weighted by Crippen LogP contribution is -1.81. The standard InChI is InChI=1S/C8H3ClFIN2O/c9-5-2-1-4(3-6(5)10)7-12-8(11)13-14-7/h1-3H. The van der Waals surface area contributed by atoms with E-state index in [1.165, 1.54) is 12.1 Å². The number of halogens is 3. The first-order valence-corrected chi connectivity index (χ1v) is 5.07. The van der Waals surface area contributed by atoms with Crippen LogP contribution in [-0.4, -0.2) is 10.1 Å². The molecule has 0 spiro atoms. The lowest BCUT2D eigenvalue weighted by atomic mass is 10.2. The molecule has 2 aromatic rings. The zero-order valence-corrected chi connectivity index (χ0v) is 9.58. The summed E-state index contributed by atoms with van der Waals surface area (Å²) in [6, 6.07) is 4.32. The second-order valence-electron chi connectivity index (χ2n) is 2.50. The van der Waals surface area contributed by atoms with Gasteiger partial charge in [-0.3, -0.25) is 0 Å². The van der Waals surface area contributed by atoms with Gasteiger partial charge in [-0.25, -0.2) is 4.39 Å². The third-order valence-corrected chi connectivity index (χ3v) is 2.31. The largest absolute Gasteiger partial charge is 0.333 e. The summed E-state index contributed by atoms with van der Waals surface area (Å²) < 4.78 is 18.4. The topological polar surface area (TPSA) is 38.9 Å². The second kappa shape index (κ2) is 3.82. The molecule has 72 valence electrons. The van der Waals surface area contributed by atoms with Gasteiger partial charge in [0.05, 0.1) is 5.02 Å². The summed E-state index contributed by atoms with van der Waals surface area (Å²) in [5, 5.41) is 3.66. The van der Waals surface area contributed by atoms with Crippen molar-refractivity contribution in [3.8, 4) is 11.5 Å². The molecule has 1 heterocycles. The number of nitrogens with zero attached hydrogens (tertiary/aromatic N) is 2. The Morgan fingerprint density at radius 2 is 2.21 bits per heavy atom. The van der Waals surface area contributed by atoms with Crippen molar-refractivity contribution in [3.05, 3.63) is 32.9 Å². The number of hydrogen-bond acceptors (Lipinski definition) is 3. The predicted molar refractivity (Wildman–Crippen MR) is 57.4 cm³/mol. The fourth-order valence-corrected chi connectivity index (χ4v) is 1.39. The molecule has 0 unspecified atom stereocenters. The van der Waals surface area contributed by atoms with Crippen LogP contribution in [0.1, 0.15) is 0 Å². The van der Waals surface area contributed by atoms with Crippen LogP contribution in [-0.2, 0) is 0 Å². The predicted octanol–water partition coefficient (Wildman–Crippen LogP) is 3.13. The molecule has 14 heavy (non-hydrogen) atoms. The molecule has 2 rings (SSSR count). The molecule has 1 aromatic carbocycles. The van der Waals surface area contributed by atoms with E-state index in [-0.39, 0.29) is 10.9 Å². The summed E-state index contributed by atoms with van der Waals surface area (Å²) in [6.07, 6.45) is 0. The molecule has 1 aromatic heterocycles. The highest BCUT2D eigenvalue weighted by Crippen LogP contribution is 2.22. The zero-order chi connectivity index (χ0) is 10.1. The van der Waals surface area contributed by atoms with E-state index < -0.39 is 5.82 Å². The zero-order valence-electron chi connectivity index (χ0n) is 6.67. The highest BCUT2D eigenvalue weighted by atomic mass is 127. The van der Waals surface area contributed by atoms with Gasteiger partial charge in [-0.15, -0.1) is 0 Å². The van der Waals surface area contributed by atoms with Gasteiger partial charge in [0, 0.05) is 28.2 Å². The fraction of sp³-hybridized carbons (Fsp3) is 0. The maximum Gasteiger partial charge on any atom is 0.258 e. The van der Waals surface area contributed by atoms with Crippen molar-refractivity contribution in [3.63, 3.8) is 0 Å². The molecule has 0 atom stereocenters. The Bertz CT molecular complexity index is 474. The molecule has 0 radical (unpaired) electrons. The molecular formula is C8H3ClFIN2O. The van der Waals surface area contributed by atoms with Crippen LogP contribution in [0.15, 0.2) is 22.7 Å². The van der Waals surface area contributed by atoms with E-state index >= 15 is 0 Å². The van der Waals surface area contributed by atoms with Crippen molar-refractivity contribution in [1.29, 1.82) is 0 Å². The third-order valence-electron chi connectivity index (χ3n) is 1.57. The second-order valence-corrected chi connectivity index (χ2v) is 3.87. The number of aromatic nitrogens is 2. The average molecular weight is 324 g/mol. The van der Waals surface area contributed by atoms with Crippen LogP contribution in [0.25, 0.3) is 11.5 Å². The van der Waals surface area contributed by atoms with E-state index in [4.69, 9.17) is 16.1 Å². The number of rotatable bonds is 1. The lowest BCUT2D eigenvalue weighted by Gasteiger charge is -1.95. The molecule has 0 aliphatic carbocycles. The van der Waals surface area contributed by atoms with E-state index in [9.17, 15) is 4.39 Å². The SMILES string of the molecule is Fc1cc(-c2nc(I)no2)ccc1Cl. The van der Waals surface area contributed by atoms with Crippen molar-refractivity contribution in [2.24, 2.45) is 0 Å². The Labute approximate surface area is 97.4 Å². The van der Waals surface area contributed by atoms with Gasteiger partial charge in [0.15, 0.2) is 0 Å². The Morgan fingerprint density at radius 3 is 2.79 bits per heavy atom. The van der Waals surface area contributed by atoms with Gasteiger partial charge < -0.3 is 4.52 Å². The van der Waals surface area contributed by atoms with Crippen LogP contribution >= 0.6 is 34.2 Å². The van der Waals surface area contributed by atoms with E-state index in [0.29, 0.717) is 9.39 Å². The summed E-state index contributed by atoms with van der Waals surface area (Å²) in [4.78, 5) is 3.95. The smallest absolute Gasteiger partial charge is 0.258 e. The first kappa shape index (κ1) is 9.85. The van der Waals surface area contributed by atoms with Crippen LogP contribution in [0.5, 0.6) is 0 Å². The van der Waals surface area contributed by atoms with Gasteiger partial charge in [0.1, 0.15) is 5.82 Å². The molecule has 0 saturated heterocycles. The summed E-state index contributed by atoms with van der Waals surface area (Å²) >= 11 is 7.44. The number of benzene rings is 1. The van der Waals surface area contributed by atoms with Crippen molar-refractivity contribution < 1.29 is 8.91 Å². The summed E-state index contributed by atoms with van der Waals surface area (Å²) in [7, 11) is 0. The summed E-state index contributed by atoms with van der Waals surface area (Å²) in [5.41, 5.74) is 0.516. The van der Waals surface area contributed by atoms with Crippen LogP contribution in [0.2, 0.25) is 5.02 Å². The molecule has 0 aliphatic heterocycles. The third kappa shape index (κ3) is 1.88. The lowest BCUT2D eigenvalue weighted by molar-refractivity contribution is 0.425. The minimum Gasteiger partial charge on any atom is -0.333 e. The highest BCUT2D eigenvalue weighted by molar-refractivity contribution is 14.1. The average Bonchev–Trinajstić information content (AvgIpc) is 2.57. The molecule has 0 aliphatic rings. The normalized spacial score (nSPS) is 10.5. The Kier molecular flexibility index (Phi) is 2.69. The van der Waals surface area contributed by atoms with Crippen molar-refractivity contribution in [2.45, 2.75) is 0 Å². The Balaban J connectivity index is 2.47. The summed E-state index contributed by atoms with van der Waals surface area (Å²) in [6.45, 7) is 0. The first-order valence-electron chi connectivity index (χ1n) is 3.61. The minimum absolute atomic E-state index is 0.0722.